The van der Waals surface area contributed by atoms with Gasteiger partial charge in [-0.1, -0.05) is 5.16 Å². The van der Waals surface area contributed by atoms with E-state index in [4.69, 9.17) is 15.2 Å². The maximum atomic E-state index is 13.7. The lowest BCUT2D eigenvalue weighted by Gasteiger charge is -2.28. The molecule has 0 amide bonds. The maximum Gasteiger partial charge on any atom is 0.248 e. The van der Waals surface area contributed by atoms with Crippen molar-refractivity contribution in [2.45, 2.75) is 52.0 Å². The van der Waals surface area contributed by atoms with Crippen LogP contribution in [0.4, 0.5) is 14.6 Å². The van der Waals surface area contributed by atoms with E-state index in [2.05, 4.69) is 27.0 Å². The van der Waals surface area contributed by atoms with Gasteiger partial charge < -0.3 is 14.8 Å². The molecule has 1 saturated carbocycles. The second kappa shape index (κ2) is 7.69. The smallest absolute Gasteiger partial charge is 0.248 e. The Morgan fingerprint density at radius 1 is 1.12 bits per heavy atom. The van der Waals surface area contributed by atoms with Gasteiger partial charge in [-0.15, -0.1) is 0 Å². The molecule has 0 unspecified atom stereocenters. The highest BCUT2D eigenvalue weighted by Crippen LogP contribution is 2.39. The molecule has 0 bridgehead atoms. The summed E-state index contributed by atoms with van der Waals surface area (Å²) in [7, 11) is 0. The molecule has 0 spiro atoms. The van der Waals surface area contributed by atoms with Gasteiger partial charge in [0, 0.05) is 60.2 Å². The van der Waals surface area contributed by atoms with Gasteiger partial charge in [-0.25, -0.2) is 13.8 Å². The molecule has 6 nitrogen and oxygen atoms in total. The standard InChI is InChI=1S/C24H25F2N5O/c1-14-22(15(2)32-30-14)18-9-20-23(29-11-18)19(17-3-4-21(27)28-10-17)13-31(20)12-16-5-7-24(25,26)8-6-16/h3-4,9-11,13,16H,5-8,12H2,1-2H3,(H2,27,28). The zero-order valence-electron chi connectivity index (χ0n) is 18.1. The molecule has 0 atom stereocenters. The van der Waals surface area contributed by atoms with Crippen LogP contribution in [0.3, 0.4) is 0 Å². The molecule has 2 N–H and O–H groups in total. The molecule has 166 valence electrons. The van der Waals surface area contributed by atoms with Crippen LogP contribution < -0.4 is 5.73 Å². The molecule has 4 aromatic heterocycles. The summed E-state index contributed by atoms with van der Waals surface area (Å²) in [6, 6.07) is 5.77. The number of pyridine rings is 2. The van der Waals surface area contributed by atoms with Crippen molar-refractivity contribution in [3.63, 3.8) is 0 Å². The molecule has 0 aliphatic heterocycles. The highest BCUT2D eigenvalue weighted by Gasteiger charge is 2.35. The van der Waals surface area contributed by atoms with Gasteiger partial charge in [0.15, 0.2) is 0 Å². The first-order chi connectivity index (χ1) is 15.3. The molecule has 4 heterocycles. The van der Waals surface area contributed by atoms with Crippen LogP contribution >= 0.6 is 0 Å². The van der Waals surface area contributed by atoms with Gasteiger partial charge in [0.1, 0.15) is 11.6 Å². The van der Waals surface area contributed by atoms with Gasteiger partial charge in [0.25, 0.3) is 0 Å². The summed E-state index contributed by atoms with van der Waals surface area (Å²) in [5.74, 6) is -1.15. The molecule has 1 fully saturated rings. The summed E-state index contributed by atoms with van der Waals surface area (Å²) in [6.07, 6.45) is 6.55. The molecule has 32 heavy (non-hydrogen) atoms. The van der Waals surface area contributed by atoms with Crippen LogP contribution in [0.5, 0.6) is 0 Å². The minimum atomic E-state index is -2.53. The summed E-state index contributed by atoms with van der Waals surface area (Å²) < 4.78 is 34.8. The minimum Gasteiger partial charge on any atom is -0.384 e. The summed E-state index contributed by atoms with van der Waals surface area (Å²) in [5, 5.41) is 4.06. The highest BCUT2D eigenvalue weighted by molar-refractivity contribution is 5.95. The van der Waals surface area contributed by atoms with Gasteiger partial charge in [-0.2, -0.15) is 0 Å². The first kappa shape index (κ1) is 20.6. The number of halogens is 2. The second-order valence-corrected chi connectivity index (χ2v) is 8.76. The molecule has 1 aliphatic rings. The van der Waals surface area contributed by atoms with E-state index < -0.39 is 5.92 Å². The van der Waals surface area contributed by atoms with E-state index >= 15 is 0 Å². The van der Waals surface area contributed by atoms with Crippen LogP contribution in [0.2, 0.25) is 0 Å². The quantitative estimate of drug-likeness (QED) is 0.438. The Morgan fingerprint density at radius 2 is 1.88 bits per heavy atom. The Hall–Kier alpha value is -3.29. The molecule has 4 aromatic rings. The van der Waals surface area contributed by atoms with Crippen LogP contribution in [-0.2, 0) is 6.54 Å². The first-order valence-electron chi connectivity index (χ1n) is 10.8. The predicted octanol–water partition coefficient (Wildman–Crippen LogP) is 5.78. The number of aryl methyl sites for hydroxylation is 2. The van der Waals surface area contributed by atoms with E-state index in [-0.39, 0.29) is 18.8 Å². The lowest BCUT2D eigenvalue weighted by atomic mass is 9.87. The number of nitrogens with two attached hydrogens (primary N) is 1. The van der Waals surface area contributed by atoms with Gasteiger partial charge in [-0.05, 0) is 50.8 Å². The number of nitrogen functional groups attached to an aromatic ring is 1. The van der Waals surface area contributed by atoms with Crippen molar-refractivity contribution in [1.82, 2.24) is 19.7 Å². The van der Waals surface area contributed by atoms with Crippen molar-refractivity contribution >= 4 is 16.9 Å². The topological polar surface area (TPSA) is 82.8 Å². The first-order valence-corrected chi connectivity index (χ1v) is 10.8. The normalized spacial score (nSPS) is 16.6. The molecule has 8 heteroatoms. The fraction of sp³-hybridized carbons (Fsp3) is 0.375. The van der Waals surface area contributed by atoms with Crippen molar-refractivity contribution in [3.8, 4) is 22.3 Å². The third-order valence-electron chi connectivity index (χ3n) is 6.43. The summed E-state index contributed by atoms with van der Waals surface area (Å²) in [6.45, 7) is 4.46. The van der Waals surface area contributed by atoms with Crippen molar-refractivity contribution in [2.24, 2.45) is 5.92 Å². The third-order valence-corrected chi connectivity index (χ3v) is 6.43. The zero-order chi connectivity index (χ0) is 22.5. The average molecular weight is 437 g/mol. The predicted molar refractivity (Wildman–Crippen MR) is 119 cm³/mol. The summed E-state index contributed by atoms with van der Waals surface area (Å²) in [4.78, 5) is 9.01. The van der Waals surface area contributed by atoms with E-state index in [1.165, 1.54) is 0 Å². The van der Waals surface area contributed by atoms with Gasteiger partial charge in [0.05, 0.1) is 16.7 Å². The molecule has 1 aliphatic carbocycles. The largest absolute Gasteiger partial charge is 0.384 e. The third kappa shape index (κ3) is 3.74. The van der Waals surface area contributed by atoms with Gasteiger partial charge in [-0.3, -0.25) is 4.98 Å². The van der Waals surface area contributed by atoms with E-state index in [0.29, 0.717) is 25.2 Å². The minimum absolute atomic E-state index is 0.0474. The Bertz CT molecular complexity index is 1250. The number of alkyl halides is 2. The number of anilines is 1. The van der Waals surface area contributed by atoms with E-state index in [1.54, 1.807) is 12.3 Å². The van der Waals surface area contributed by atoms with Gasteiger partial charge in [0.2, 0.25) is 5.92 Å². The zero-order valence-corrected chi connectivity index (χ0v) is 18.1. The van der Waals surface area contributed by atoms with Crippen LogP contribution in [0.1, 0.15) is 37.1 Å². The molecular formula is C24H25F2N5O. The Kier molecular flexibility index (Phi) is 4.95. The number of hydrogen-bond acceptors (Lipinski definition) is 5. The van der Waals surface area contributed by atoms with Crippen molar-refractivity contribution < 1.29 is 13.3 Å². The van der Waals surface area contributed by atoms with Crippen LogP contribution in [0.15, 0.2) is 41.3 Å². The molecule has 0 radical (unpaired) electrons. The fourth-order valence-electron chi connectivity index (χ4n) is 4.69. The lowest BCUT2D eigenvalue weighted by molar-refractivity contribution is -0.0472. The number of aromatic nitrogens is 4. The SMILES string of the molecule is Cc1noc(C)c1-c1cnc2c(-c3ccc(N)nc3)cn(CC3CCC(F)(F)CC3)c2c1. The van der Waals surface area contributed by atoms with E-state index in [1.807, 2.05) is 26.1 Å². The Labute approximate surface area is 184 Å². The molecule has 5 rings (SSSR count). The Morgan fingerprint density at radius 3 is 2.53 bits per heavy atom. The number of fused-ring (bicyclic) bond motifs is 1. The molecule has 0 saturated heterocycles. The average Bonchev–Trinajstić information content (AvgIpc) is 3.29. The monoisotopic (exact) mass is 437 g/mol. The fourth-order valence-corrected chi connectivity index (χ4v) is 4.69. The molecular weight excluding hydrogens is 412 g/mol. The maximum absolute atomic E-state index is 13.7. The molecule has 0 aromatic carbocycles. The summed E-state index contributed by atoms with van der Waals surface area (Å²) in [5.41, 5.74) is 12.1. The van der Waals surface area contributed by atoms with Crippen LogP contribution in [0.25, 0.3) is 33.3 Å². The Balaban J connectivity index is 1.60. The van der Waals surface area contributed by atoms with Crippen LogP contribution in [0, 0.1) is 19.8 Å². The van der Waals surface area contributed by atoms with E-state index in [9.17, 15) is 8.78 Å². The van der Waals surface area contributed by atoms with Crippen LogP contribution in [-0.4, -0.2) is 25.6 Å². The summed E-state index contributed by atoms with van der Waals surface area (Å²) >= 11 is 0. The number of rotatable bonds is 4. The second-order valence-electron chi connectivity index (χ2n) is 8.76. The van der Waals surface area contributed by atoms with Gasteiger partial charge >= 0.3 is 0 Å². The lowest BCUT2D eigenvalue weighted by Crippen LogP contribution is -2.26. The number of hydrogen-bond donors (Lipinski definition) is 1. The van der Waals surface area contributed by atoms with Crippen molar-refractivity contribution in [1.29, 1.82) is 0 Å². The number of nitrogens with zero attached hydrogens (tertiary/aromatic N) is 4. The highest BCUT2D eigenvalue weighted by atomic mass is 19.3. The van der Waals surface area contributed by atoms with Crippen molar-refractivity contribution in [3.05, 3.63) is 48.2 Å². The van der Waals surface area contributed by atoms with Crippen molar-refractivity contribution in [2.75, 3.05) is 5.73 Å². The van der Waals surface area contributed by atoms with E-state index in [0.717, 1.165) is 44.7 Å².